The molecule has 1 saturated heterocycles. The molecular formula is C21H21N7O. The number of nitrogens with zero attached hydrogens (tertiary/aromatic N) is 6. The first kappa shape index (κ1) is 17.5. The molecule has 1 atom stereocenters. The van der Waals surface area contributed by atoms with E-state index in [1.54, 1.807) is 17.3 Å². The molecule has 8 nitrogen and oxygen atoms in total. The molecule has 5 rings (SSSR count). The number of rotatable bonds is 3. The molecule has 1 N–H and O–H groups in total. The fourth-order valence-corrected chi connectivity index (χ4v) is 3.95. The van der Waals surface area contributed by atoms with Crippen molar-refractivity contribution < 1.29 is 4.79 Å². The van der Waals surface area contributed by atoms with E-state index in [-0.39, 0.29) is 12.1 Å². The number of aryl methyl sites for hydroxylation is 1. The van der Waals surface area contributed by atoms with Crippen LogP contribution in [-0.2, 0) is 6.42 Å². The molecule has 29 heavy (non-hydrogen) atoms. The van der Waals surface area contributed by atoms with Crippen molar-refractivity contribution in [2.45, 2.75) is 25.8 Å². The molecule has 1 fully saturated rings. The Bertz CT molecular complexity index is 1040. The lowest BCUT2D eigenvalue weighted by Crippen LogP contribution is -2.48. The SMILES string of the molecule is CCc1ccc(-c2ccc3c(n2)N(C(=O)Nc2cnccn2)C2CCN3C2)cn1. The summed E-state index contributed by atoms with van der Waals surface area (Å²) < 4.78 is 0. The number of hydrogen-bond donors (Lipinski definition) is 1. The van der Waals surface area contributed by atoms with E-state index >= 15 is 0 Å². The van der Waals surface area contributed by atoms with E-state index in [2.05, 4.69) is 38.2 Å². The quantitative estimate of drug-likeness (QED) is 0.743. The first-order valence-electron chi connectivity index (χ1n) is 9.80. The Morgan fingerprint density at radius 1 is 1.17 bits per heavy atom. The lowest BCUT2D eigenvalue weighted by Gasteiger charge is -2.35. The van der Waals surface area contributed by atoms with Gasteiger partial charge in [0.15, 0.2) is 11.6 Å². The van der Waals surface area contributed by atoms with Crippen molar-refractivity contribution in [3.8, 4) is 11.3 Å². The van der Waals surface area contributed by atoms with Crippen molar-refractivity contribution >= 4 is 23.4 Å². The van der Waals surface area contributed by atoms with Gasteiger partial charge in [0.2, 0.25) is 0 Å². The van der Waals surface area contributed by atoms with Crippen LogP contribution in [-0.4, -0.2) is 45.1 Å². The molecule has 0 saturated carbocycles. The molecule has 146 valence electrons. The zero-order valence-electron chi connectivity index (χ0n) is 16.1. The van der Waals surface area contributed by atoms with Crippen LogP contribution in [0.5, 0.6) is 0 Å². The highest BCUT2D eigenvalue weighted by Gasteiger charge is 2.40. The van der Waals surface area contributed by atoms with Crippen LogP contribution in [0.1, 0.15) is 19.0 Å². The van der Waals surface area contributed by atoms with Gasteiger partial charge < -0.3 is 4.90 Å². The molecule has 1 unspecified atom stereocenters. The average Bonchev–Trinajstić information content (AvgIpc) is 3.18. The molecule has 0 spiro atoms. The van der Waals surface area contributed by atoms with Gasteiger partial charge in [-0.05, 0) is 37.1 Å². The molecule has 2 bridgehead atoms. The number of aromatic nitrogens is 4. The molecule has 2 aliphatic rings. The van der Waals surface area contributed by atoms with Gasteiger partial charge >= 0.3 is 6.03 Å². The van der Waals surface area contributed by atoms with E-state index in [1.165, 1.54) is 6.20 Å². The van der Waals surface area contributed by atoms with Gasteiger partial charge in [-0.3, -0.25) is 20.2 Å². The smallest absolute Gasteiger partial charge is 0.329 e. The minimum absolute atomic E-state index is 0.0857. The van der Waals surface area contributed by atoms with Crippen molar-refractivity contribution in [2.75, 3.05) is 28.2 Å². The standard InChI is InChI=1S/C21H21N7O/c1-2-15-4-3-14(11-24-15)17-5-6-18-20(25-17)28(16-7-10-27(18)13-16)21(29)26-19-12-22-8-9-23-19/h3-6,8-9,11-12,16H,2,7,10,13H2,1H3,(H,23,26,29). The van der Waals surface area contributed by atoms with E-state index in [4.69, 9.17) is 4.98 Å². The Morgan fingerprint density at radius 2 is 2.10 bits per heavy atom. The summed E-state index contributed by atoms with van der Waals surface area (Å²) in [7, 11) is 0. The Balaban J connectivity index is 1.51. The first-order chi connectivity index (χ1) is 14.2. The van der Waals surface area contributed by atoms with E-state index in [1.807, 2.05) is 24.4 Å². The Morgan fingerprint density at radius 3 is 2.86 bits per heavy atom. The molecular weight excluding hydrogens is 366 g/mol. The van der Waals surface area contributed by atoms with Crippen LogP contribution < -0.4 is 15.1 Å². The summed E-state index contributed by atoms with van der Waals surface area (Å²) >= 11 is 0. The summed E-state index contributed by atoms with van der Waals surface area (Å²) in [5, 5.41) is 2.85. The zero-order valence-corrected chi connectivity index (χ0v) is 16.1. The highest BCUT2D eigenvalue weighted by Crippen LogP contribution is 2.40. The van der Waals surface area contributed by atoms with Crippen molar-refractivity contribution in [3.63, 3.8) is 0 Å². The largest absolute Gasteiger partial charge is 0.366 e. The Labute approximate surface area is 168 Å². The van der Waals surface area contributed by atoms with E-state index in [9.17, 15) is 4.79 Å². The van der Waals surface area contributed by atoms with Crippen LogP contribution >= 0.6 is 0 Å². The van der Waals surface area contributed by atoms with Gasteiger partial charge in [-0.1, -0.05) is 6.92 Å². The number of amides is 2. The minimum atomic E-state index is -0.234. The molecule has 0 aliphatic carbocycles. The Hall–Kier alpha value is -3.55. The van der Waals surface area contributed by atoms with Gasteiger partial charge in [-0.15, -0.1) is 0 Å². The predicted octanol–water partition coefficient (Wildman–Crippen LogP) is 3.13. The lowest BCUT2D eigenvalue weighted by atomic mass is 10.1. The molecule has 2 aliphatic heterocycles. The van der Waals surface area contributed by atoms with Crippen molar-refractivity contribution in [1.29, 1.82) is 0 Å². The Kier molecular flexibility index (Phi) is 4.31. The highest BCUT2D eigenvalue weighted by molar-refractivity contribution is 6.04. The molecule has 8 heteroatoms. The van der Waals surface area contributed by atoms with E-state index in [0.717, 1.165) is 48.6 Å². The van der Waals surface area contributed by atoms with Crippen LogP contribution in [0, 0.1) is 0 Å². The normalized spacial score (nSPS) is 17.2. The molecule has 2 amide bonds. The first-order valence-corrected chi connectivity index (χ1v) is 9.80. The molecule has 0 aromatic carbocycles. The lowest BCUT2D eigenvalue weighted by molar-refractivity contribution is 0.254. The van der Waals surface area contributed by atoms with Crippen LogP contribution in [0.2, 0.25) is 0 Å². The molecule has 3 aromatic rings. The maximum Gasteiger partial charge on any atom is 0.329 e. The van der Waals surface area contributed by atoms with Crippen LogP contribution in [0.25, 0.3) is 11.3 Å². The number of hydrogen-bond acceptors (Lipinski definition) is 6. The number of urea groups is 1. The number of carbonyl (C=O) groups is 1. The number of carbonyl (C=O) groups excluding carboxylic acids is 1. The van der Waals surface area contributed by atoms with Crippen molar-refractivity contribution in [2.24, 2.45) is 0 Å². The van der Waals surface area contributed by atoms with Gasteiger partial charge in [0, 0.05) is 42.9 Å². The number of anilines is 3. The average molecular weight is 387 g/mol. The summed E-state index contributed by atoms with van der Waals surface area (Å²) in [6, 6.07) is 7.95. The molecule has 0 radical (unpaired) electrons. The maximum absolute atomic E-state index is 13.1. The third-order valence-electron chi connectivity index (χ3n) is 5.45. The van der Waals surface area contributed by atoms with Crippen molar-refractivity contribution in [1.82, 2.24) is 19.9 Å². The summed E-state index contributed by atoms with van der Waals surface area (Å²) in [4.78, 5) is 34.7. The van der Waals surface area contributed by atoms with Crippen LogP contribution in [0.15, 0.2) is 49.1 Å². The summed E-state index contributed by atoms with van der Waals surface area (Å²) in [6.45, 7) is 3.81. The highest BCUT2D eigenvalue weighted by atomic mass is 16.2. The van der Waals surface area contributed by atoms with Gasteiger partial charge in [0.25, 0.3) is 0 Å². The van der Waals surface area contributed by atoms with Gasteiger partial charge in [0.1, 0.15) is 0 Å². The minimum Gasteiger partial charge on any atom is -0.366 e. The second kappa shape index (κ2) is 7.12. The van der Waals surface area contributed by atoms with Crippen LogP contribution in [0.3, 0.4) is 0 Å². The maximum atomic E-state index is 13.1. The van der Waals surface area contributed by atoms with Gasteiger partial charge in [-0.2, -0.15) is 0 Å². The number of pyridine rings is 2. The molecule has 5 heterocycles. The summed E-state index contributed by atoms with van der Waals surface area (Å²) in [6.07, 6.45) is 8.31. The van der Waals surface area contributed by atoms with Crippen molar-refractivity contribution in [3.05, 3.63) is 54.7 Å². The van der Waals surface area contributed by atoms with E-state index < -0.39 is 0 Å². The monoisotopic (exact) mass is 387 g/mol. The predicted molar refractivity (Wildman–Crippen MR) is 111 cm³/mol. The third-order valence-corrected chi connectivity index (χ3v) is 5.45. The van der Waals surface area contributed by atoms with Gasteiger partial charge in [-0.25, -0.2) is 14.8 Å². The second-order valence-corrected chi connectivity index (χ2v) is 7.21. The number of nitrogens with one attached hydrogen (secondary N) is 1. The zero-order chi connectivity index (χ0) is 19.8. The molecule has 3 aromatic heterocycles. The second-order valence-electron chi connectivity index (χ2n) is 7.21. The number of fused-ring (bicyclic) bond motifs is 4. The van der Waals surface area contributed by atoms with Gasteiger partial charge in [0.05, 0.1) is 23.6 Å². The summed E-state index contributed by atoms with van der Waals surface area (Å²) in [5.74, 6) is 1.10. The van der Waals surface area contributed by atoms with E-state index in [0.29, 0.717) is 11.6 Å². The van der Waals surface area contributed by atoms with Crippen LogP contribution in [0.4, 0.5) is 22.1 Å². The fourth-order valence-electron chi connectivity index (χ4n) is 3.95. The fraction of sp³-hybridized carbons (Fsp3) is 0.286. The third kappa shape index (κ3) is 3.16. The topological polar surface area (TPSA) is 87.1 Å². The summed E-state index contributed by atoms with van der Waals surface area (Å²) in [5.41, 5.74) is 3.77.